The van der Waals surface area contributed by atoms with E-state index in [2.05, 4.69) is 0 Å². The average Bonchev–Trinajstić information content (AvgIpc) is 2.51. The number of hydrogen-bond acceptors (Lipinski definition) is 4. The number of fused-ring (bicyclic) bond motifs is 2. The number of ketones is 2. The van der Waals surface area contributed by atoms with Crippen LogP contribution in [-0.4, -0.2) is 23.3 Å². The van der Waals surface area contributed by atoms with Crippen molar-refractivity contribution in [2.75, 3.05) is 6.61 Å². The predicted octanol–water partition coefficient (Wildman–Crippen LogP) is 2.96. The summed E-state index contributed by atoms with van der Waals surface area (Å²) in [6, 6.07) is 9.55. The molecule has 0 saturated heterocycles. The number of rotatable bonds is 3. The molecule has 1 N–H and O–H groups in total. The van der Waals surface area contributed by atoms with Gasteiger partial charge >= 0.3 is 0 Å². The molecule has 0 atom stereocenters. The van der Waals surface area contributed by atoms with Crippen LogP contribution in [0.3, 0.4) is 0 Å². The number of benzene rings is 2. The summed E-state index contributed by atoms with van der Waals surface area (Å²) in [5.74, 6) is -0.485. The molecule has 0 bridgehead atoms. The molecule has 1 aliphatic carbocycles. The Bertz CT molecular complexity index is 746. The molecule has 4 nitrogen and oxygen atoms in total. The Hall–Kier alpha value is -2.62. The summed E-state index contributed by atoms with van der Waals surface area (Å²) in [4.78, 5) is 25.2. The maximum Gasteiger partial charge on any atom is 0.198 e. The first-order valence-electron chi connectivity index (χ1n) is 6.82. The standard InChI is InChI=1S/C17H14O4/c1-2-9-21-13-8-7-12(18)14-15(13)17(20)11-6-4-3-5-10(11)16(14)19/h3-8,18H,2,9H2,1H3. The monoisotopic (exact) mass is 282 g/mol. The maximum absolute atomic E-state index is 12.6. The van der Waals surface area contributed by atoms with Gasteiger partial charge in [-0.05, 0) is 18.6 Å². The lowest BCUT2D eigenvalue weighted by atomic mass is 9.83. The quantitative estimate of drug-likeness (QED) is 0.802. The summed E-state index contributed by atoms with van der Waals surface area (Å²) in [6.45, 7) is 2.40. The average molecular weight is 282 g/mol. The van der Waals surface area contributed by atoms with Crippen LogP contribution in [-0.2, 0) is 0 Å². The molecule has 0 aromatic heterocycles. The van der Waals surface area contributed by atoms with E-state index in [1.807, 2.05) is 6.92 Å². The van der Waals surface area contributed by atoms with E-state index in [0.29, 0.717) is 23.5 Å². The minimum absolute atomic E-state index is 0.0345. The zero-order chi connectivity index (χ0) is 15.0. The van der Waals surface area contributed by atoms with E-state index in [1.165, 1.54) is 12.1 Å². The van der Waals surface area contributed by atoms with E-state index < -0.39 is 0 Å². The fraction of sp³-hybridized carbons (Fsp3) is 0.176. The van der Waals surface area contributed by atoms with Gasteiger partial charge in [-0.15, -0.1) is 0 Å². The molecule has 0 unspecified atom stereocenters. The van der Waals surface area contributed by atoms with Gasteiger partial charge in [-0.3, -0.25) is 9.59 Å². The van der Waals surface area contributed by atoms with E-state index in [-0.39, 0.29) is 28.4 Å². The highest BCUT2D eigenvalue weighted by Gasteiger charge is 2.34. The molecule has 0 spiro atoms. The first kappa shape index (κ1) is 13.4. The number of phenols is 1. The third-order valence-electron chi connectivity index (χ3n) is 3.48. The number of carbonyl (C=O) groups excluding carboxylic acids is 2. The molecule has 0 amide bonds. The molecule has 21 heavy (non-hydrogen) atoms. The van der Waals surface area contributed by atoms with E-state index in [1.54, 1.807) is 24.3 Å². The third kappa shape index (κ3) is 2.00. The van der Waals surface area contributed by atoms with Crippen LogP contribution in [0.5, 0.6) is 11.5 Å². The molecule has 0 saturated carbocycles. The molecule has 2 aromatic carbocycles. The lowest BCUT2D eigenvalue weighted by Crippen LogP contribution is -2.22. The van der Waals surface area contributed by atoms with Crippen molar-refractivity contribution >= 4 is 11.6 Å². The second kappa shape index (κ2) is 5.05. The topological polar surface area (TPSA) is 63.6 Å². The highest BCUT2D eigenvalue weighted by Crippen LogP contribution is 2.37. The van der Waals surface area contributed by atoms with Gasteiger partial charge in [0, 0.05) is 11.1 Å². The van der Waals surface area contributed by atoms with Crippen molar-refractivity contribution in [3.05, 3.63) is 58.7 Å². The molecule has 0 aliphatic heterocycles. The minimum Gasteiger partial charge on any atom is -0.507 e. The zero-order valence-electron chi connectivity index (χ0n) is 11.6. The van der Waals surface area contributed by atoms with E-state index in [4.69, 9.17) is 4.74 Å². The smallest absolute Gasteiger partial charge is 0.198 e. The molecule has 0 heterocycles. The van der Waals surface area contributed by atoms with Gasteiger partial charge in [-0.2, -0.15) is 0 Å². The predicted molar refractivity (Wildman–Crippen MR) is 77.2 cm³/mol. The zero-order valence-corrected chi connectivity index (χ0v) is 11.6. The van der Waals surface area contributed by atoms with Gasteiger partial charge in [0.15, 0.2) is 11.6 Å². The van der Waals surface area contributed by atoms with Crippen LogP contribution in [0.2, 0.25) is 0 Å². The first-order valence-corrected chi connectivity index (χ1v) is 6.82. The Morgan fingerprint density at radius 1 is 0.952 bits per heavy atom. The normalized spacial score (nSPS) is 12.8. The van der Waals surface area contributed by atoms with Crippen molar-refractivity contribution in [3.8, 4) is 11.5 Å². The largest absolute Gasteiger partial charge is 0.507 e. The van der Waals surface area contributed by atoms with Crippen molar-refractivity contribution in [2.24, 2.45) is 0 Å². The summed E-state index contributed by atoms with van der Waals surface area (Å²) in [5, 5.41) is 9.99. The number of carbonyl (C=O) groups is 2. The van der Waals surface area contributed by atoms with Crippen LogP contribution in [0.1, 0.15) is 45.2 Å². The van der Waals surface area contributed by atoms with Crippen molar-refractivity contribution in [1.82, 2.24) is 0 Å². The van der Waals surface area contributed by atoms with Crippen LogP contribution in [0.25, 0.3) is 0 Å². The minimum atomic E-state index is -0.348. The molecule has 106 valence electrons. The molecule has 3 rings (SSSR count). The fourth-order valence-electron chi connectivity index (χ4n) is 2.51. The van der Waals surface area contributed by atoms with Gasteiger partial charge in [0.1, 0.15) is 11.5 Å². The summed E-state index contributed by atoms with van der Waals surface area (Å²) < 4.78 is 5.56. The fourth-order valence-corrected chi connectivity index (χ4v) is 2.51. The molecular formula is C17H14O4. The summed E-state index contributed by atoms with van der Waals surface area (Å²) in [7, 11) is 0. The summed E-state index contributed by atoms with van der Waals surface area (Å²) in [5.41, 5.74) is 0.861. The van der Waals surface area contributed by atoms with Gasteiger partial charge < -0.3 is 9.84 Å². The van der Waals surface area contributed by atoms with Crippen LogP contribution in [0.15, 0.2) is 36.4 Å². The lowest BCUT2D eigenvalue weighted by Gasteiger charge is -2.20. The van der Waals surface area contributed by atoms with Crippen molar-refractivity contribution in [1.29, 1.82) is 0 Å². The van der Waals surface area contributed by atoms with Crippen molar-refractivity contribution in [3.63, 3.8) is 0 Å². The highest BCUT2D eigenvalue weighted by atomic mass is 16.5. The summed E-state index contributed by atoms with van der Waals surface area (Å²) >= 11 is 0. The van der Waals surface area contributed by atoms with Gasteiger partial charge in [0.05, 0.1) is 17.7 Å². The second-order valence-corrected chi connectivity index (χ2v) is 4.89. The number of ether oxygens (including phenoxy) is 1. The number of phenolic OH excluding ortho intramolecular Hbond substituents is 1. The van der Waals surface area contributed by atoms with Crippen LogP contribution in [0, 0.1) is 0 Å². The molecular weight excluding hydrogens is 268 g/mol. The molecule has 0 fully saturated rings. The SMILES string of the molecule is CCCOc1ccc(O)c2c1C(=O)c1ccccc1C2=O. The second-order valence-electron chi connectivity index (χ2n) is 4.89. The van der Waals surface area contributed by atoms with Crippen LogP contribution in [0.4, 0.5) is 0 Å². The van der Waals surface area contributed by atoms with Gasteiger partial charge in [0.25, 0.3) is 0 Å². The third-order valence-corrected chi connectivity index (χ3v) is 3.48. The molecule has 0 radical (unpaired) electrons. The van der Waals surface area contributed by atoms with Crippen molar-refractivity contribution < 1.29 is 19.4 Å². The van der Waals surface area contributed by atoms with E-state index >= 15 is 0 Å². The Morgan fingerprint density at radius 3 is 2.19 bits per heavy atom. The highest BCUT2D eigenvalue weighted by molar-refractivity contribution is 6.30. The van der Waals surface area contributed by atoms with Crippen LogP contribution < -0.4 is 4.74 Å². The molecule has 4 heteroatoms. The van der Waals surface area contributed by atoms with Gasteiger partial charge in [-0.1, -0.05) is 31.2 Å². The van der Waals surface area contributed by atoms with Gasteiger partial charge in [-0.25, -0.2) is 0 Å². The Balaban J connectivity index is 2.24. The summed E-state index contributed by atoms with van der Waals surface area (Å²) in [6.07, 6.45) is 0.786. The molecule has 2 aromatic rings. The van der Waals surface area contributed by atoms with E-state index in [9.17, 15) is 14.7 Å². The lowest BCUT2D eigenvalue weighted by molar-refractivity contribution is 0.0973. The van der Waals surface area contributed by atoms with E-state index in [0.717, 1.165) is 6.42 Å². The first-order chi connectivity index (χ1) is 10.1. The van der Waals surface area contributed by atoms with Crippen LogP contribution >= 0.6 is 0 Å². The Morgan fingerprint density at radius 2 is 1.57 bits per heavy atom. The maximum atomic E-state index is 12.6. The Kier molecular flexibility index (Phi) is 3.22. The van der Waals surface area contributed by atoms with Gasteiger partial charge in [0.2, 0.25) is 0 Å². The number of hydrogen-bond donors (Lipinski definition) is 1. The van der Waals surface area contributed by atoms with Crippen molar-refractivity contribution in [2.45, 2.75) is 13.3 Å². The number of aromatic hydroxyl groups is 1. The Labute approximate surface area is 122 Å². The molecule has 1 aliphatic rings.